The smallest absolute Gasteiger partial charge is 0.0661 e. The van der Waals surface area contributed by atoms with Gasteiger partial charge in [-0.05, 0) is 39.2 Å². The lowest BCUT2D eigenvalue weighted by molar-refractivity contribution is -0.0480. The van der Waals surface area contributed by atoms with Crippen molar-refractivity contribution in [3.8, 4) is 0 Å². The highest BCUT2D eigenvalue weighted by Gasteiger charge is 2.47. The van der Waals surface area contributed by atoms with Gasteiger partial charge in [-0.15, -0.1) is 0 Å². The molecule has 0 bridgehead atoms. The lowest BCUT2D eigenvalue weighted by atomic mass is 9.82. The van der Waals surface area contributed by atoms with Crippen molar-refractivity contribution in [2.75, 3.05) is 26.8 Å². The van der Waals surface area contributed by atoms with Crippen molar-refractivity contribution in [1.29, 1.82) is 0 Å². The molecule has 0 aromatic heterocycles. The van der Waals surface area contributed by atoms with E-state index in [-0.39, 0.29) is 11.1 Å². The first-order valence-corrected chi connectivity index (χ1v) is 6.37. The number of hydrogen-bond acceptors (Lipinski definition) is 3. The second-order valence-electron chi connectivity index (χ2n) is 5.96. The zero-order chi connectivity index (χ0) is 12.4. The fraction of sp³-hybridized carbons (Fsp3) is 1.00. The van der Waals surface area contributed by atoms with Gasteiger partial charge in [-0.1, -0.05) is 13.8 Å². The molecular weight excluding hydrogens is 200 g/mol. The molecule has 1 atom stereocenters. The first kappa shape index (κ1) is 13.9. The van der Waals surface area contributed by atoms with Crippen molar-refractivity contribution in [3.05, 3.63) is 0 Å². The molecule has 1 rings (SSSR count). The molecule has 0 aliphatic carbocycles. The van der Waals surface area contributed by atoms with Gasteiger partial charge in [0.1, 0.15) is 0 Å². The molecule has 0 aromatic rings. The van der Waals surface area contributed by atoms with Crippen LogP contribution in [0.25, 0.3) is 0 Å². The van der Waals surface area contributed by atoms with Crippen molar-refractivity contribution in [1.82, 2.24) is 4.90 Å². The number of nitrogens with two attached hydrogens (primary N) is 1. The number of likely N-dealkylation sites (tertiary alicyclic amines) is 1. The number of methoxy groups -OCH3 is 1. The summed E-state index contributed by atoms with van der Waals surface area (Å²) in [6.07, 6.45) is 2.52. The van der Waals surface area contributed by atoms with Gasteiger partial charge in [0.25, 0.3) is 0 Å². The van der Waals surface area contributed by atoms with Crippen LogP contribution in [0.5, 0.6) is 0 Å². The molecule has 0 spiro atoms. The molecule has 1 saturated heterocycles. The van der Waals surface area contributed by atoms with E-state index in [1.807, 2.05) is 0 Å². The molecule has 16 heavy (non-hydrogen) atoms. The Hall–Kier alpha value is -0.120. The quantitative estimate of drug-likeness (QED) is 0.780. The van der Waals surface area contributed by atoms with E-state index in [1.54, 1.807) is 7.11 Å². The fourth-order valence-corrected chi connectivity index (χ4v) is 3.14. The number of ether oxygens (including phenoxy) is 1. The van der Waals surface area contributed by atoms with Crippen LogP contribution in [0.4, 0.5) is 0 Å². The van der Waals surface area contributed by atoms with Crippen molar-refractivity contribution >= 4 is 0 Å². The van der Waals surface area contributed by atoms with Crippen LogP contribution >= 0.6 is 0 Å². The second-order valence-corrected chi connectivity index (χ2v) is 5.96. The lowest BCUT2D eigenvalue weighted by Gasteiger charge is -2.50. The monoisotopic (exact) mass is 228 g/mol. The third kappa shape index (κ3) is 2.27. The van der Waals surface area contributed by atoms with E-state index in [0.29, 0.717) is 12.5 Å². The van der Waals surface area contributed by atoms with Gasteiger partial charge >= 0.3 is 0 Å². The Morgan fingerprint density at radius 2 is 2.06 bits per heavy atom. The molecule has 1 unspecified atom stereocenters. The Morgan fingerprint density at radius 1 is 1.44 bits per heavy atom. The van der Waals surface area contributed by atoms with Crippen molar-refractivity contribution in [2.45, 2.75) is 51.6 Å². The summed E-state index contributed by atoms with van der Waals surface area (Å²) in [5.41, 5.74) is 6.32. The van der Waals surface area contributed by atoms with E-state index in [0.717, 1.165) is 13.2 Å². The lowest BCUT2D eigenvalue weighted by Crippen LogP contribution is -2.64. The largest absolute Gasteiger partial charge is 0.383 e. The maximum absolute atomic E-state index is 6.07. The molecule has 0 amide bonds. The first-order valence-electron chi connectivity index (χ1n) is 6.37. The normalized spacial score (nSPS) is 24.9. The minimum Gasteiger partial charge on any atom is -0.383 e. The molecule has 3 nitrogen and oxygen atoms in total. The zero-order valence-corrected chi connectivity index (χ0v) is 11.5. The Morgan fingerprint density at radius 3 is 2.38 bits per heavy atom. The van der Waals surface area contributed by atoms with Crippen LogP contribution in [0.1, 0.15) is 40.5 Å². The van der Waals surface area contributed by atoms with E-state index in [2.05, 4.69) is 32.6 Å². The molecule has 0 aromatic carbocycles. The van der Waals surface area contributed by atoms with Crippen LogP contribution in [0.3, 0.4) is 0 Å². The van der Waals surface area contributed by atoms with Crippen LogP contribution in [-0.4, -0.2) is 42.8 Å². The number of nitrogens with zero attached hydrogens (tertiary/aromatic N) is 1. The maximum atomic E-state index is 6.07. The molecule has 1 heterocycles. The summed E-state index contributed by atoms with van der Waals surface area (Å²) in [5, 5.41) is 0. The summed E-state index contributed by atoms with van der Waals surface area (Å²) in [4.78, 5) is 2.58. The van der Waals surface area contributed by atoms with Crippen LogP contribution in [0.2, 0.25) is 0 Å². The van der Waals surface area contributed by atoms with Crippen LogP contribution in [-0.2, 0) is 4.74 Å². The van der Waals surface area contributed by atoms with Gasteiger partial charge in [0.2, 0.25) is 0 Å². The minimum absolute atomic E-state index is 0.00521. The highest BCUT2D eigenvalue weighted by atomic mass is 16.5. The van der Waals surface area contributed by atoms with Gasteiger partial charge in [0.15, 0.2) is 0 Å². The number of hydrogen-bond donors (Lipinski definition) is 1. The second kappa shape index (κ2) is 5.03. The molecule has 96 valence electrons. The third-order valence-corrected chi connectivity index (χ3v) is 4.26. The Bertz CT molecular complexity index is 228. The highest BCUT2D eigenvalue weighted by molar-refractivity contribution is 5.03. The Balaban J connectivity index is 2.99. The predicted molar refractivity (Wildman–Crippen MR) is 68.5 cm³/mol. The molecular formula is C13H28N2O. The van der Waals surface area contributed by atoms with Gasteiger partial charge in [-0.3, -0.25) is 4.90 Å². The van der Waals surface area contributed by atoms with Crippen LogP contribution < -0.4 is 5.73 Å². The van der Waals surface area contributed by atoms with Crippen molar-refractivity contribution in [3.63, 3.8) is 0 Å². The van der Waals surface area contributed by atoms with Crippen molar-refractivity contribution < 1.29 is 4.74 Å². The maximum Gasteiger partial charge on any atom is 0.0661 e. The Labute approximate surface area is 100 Å². The van der Waals surface area contributed by atoms with Crippen LogP contribution in [0.15, 0.2) is 0 Å². The van der Waals surface area contributed by atoms with E-state index in [9.17, 15) is 0 Å². The average molecular weight is 228 g/mol. The summed E-state index contributed by atoms with van der Waals surface area (Å²) in [6.45, 7) is 11.7. The van der Waals surface area contributed by atoms with Gasteiger partial charge in [0, 0.05) is 19.2 Å². The summed E-state index contributed by atoms with van der Waals surface area (Å²) < 4.78 is 5.44. The van der Waals surface area contributed by atoms with E-state index >= 15 is 0 Å². The van der Waals surface area contributed by atoms with Gasteiger partial charge in [-0.2, -0.15) is 0 Å². The molecule has 1 fully saturated rings. The molecule has 0 radical (unpaired) electrons. The van der Waals surface area contributed by atoms with Crippen LogP contribution in [0, 0.1) is 5.92 Å². The molecule has 1 aliphatic rings. The third-order valence-electron chi connectivity index (χ3n) is 4.26. The summed E-state index contributed by atoms with van der Waals surface area (Å²) in [7, 11) is 1.77. The fourth-order valence-electron chi connectivity index (χ4n) is 3.14. The van der Waals surface area contributed by atoms with E-state index in [4.69, 9.17) is 10.5 Å². The van der Waals surface area contributed by atoms with Crippen molar-refractivity contribution in [2.24, 2.45) is 11.7 Å². The zero-order valence-electron chi connectivity index (χ0n) is 11.5. The van der Waals surface area contributed by atoms with Gasteiger partial charge in [-0.25, -0.2) is 0 Å². The molecule has 1 aliphatic heterocycles. The molecule has 0 saturated carbocycles. The first-order chi connectivity index (χ1) is 7.40. The SMILES string of the molecule is COCC(CN)(C(C)C)N1CCCC1(C)C. The summed E-state index contributed by atoms with van der Waals surface area (Å²) in [6, 6.07) is 0. The number of rotatable bonds is 5. The molecule has 3 heteroatoms. The van der Waals surface area contributed by atoms with Gasteiger partial charge in [0.05, 0.1) is 12.1 Å². The Kier molecular flexibility index (Phi) is 4.38. The van der Waals surface area contributed by atoms with E-state index in [1.165, 1.54) is 12.8 Å². The highest BCUT2D eigenvalue weighted by Crippen LogP contribution is 2.38. The van der Waals surface area contributed by atoms with E-state index < -0.39 is 0 Å². The standard InChI is InChI=1S/C13H28N2O/c1-11(2)13(9-14,10-16-5)15-8-6-7-12(15,3)4/h11H,6-10,14H2,1-5H3. The van der Waals surface area contributed by atoms with Gasteiger partial charge < -0.3 is 10.5 Å². The topological polar surface area (TPSA) is 38.5 Å². The molecule has 2 N–H and O–H groups in total. The summed E-state index contributed by atoms with van der Waals surface area (Å²) >= 11 is 0. The predicted octanol–water partition coefficient (Wildman–Crippen LogP) is 1.86. The summed E-state index contributed by atoms with van der Waals surface area (Å²) in [5.74, 6) is 0.509. The minimum atomic E-state index is -0.00521. The average Bonchev–Trinajstić information content (AvgIpc) is 2.55.